The molecular weight excluding hydrogens is 467 g/mol. The Balaban J connectivity index is 1.41. The van der Waals surface area contributed by atoms with Gasteiger partial charge < -0.3 is 10.3 Å². The molecule has 0 aliphatic carbocycles. The first-order valence-electron chi connectivity index (χ1n) is 11.9. The molecule has 6 aromatic rings. The minimum absolute atomic E-state index is 0.0732. The molecule has 0 spiro atoms. The van der Waals surface area contributed by atoms with Crippen molar-refractivity contribution >= 4 is 33.4 Å². The Hall–Kier alpha value is -4.85. The highest BCUT2D eigenvalue weighted by molar-refractivity contribution is 6.01. The number of hydrogen-bond donors (Lipinski definition) is 3. The minimum atomic E-state index is -0.272. The summed E-state index contributed by atoms with van der Waals surface area (Å²) >= 11 is 0. The van der Waals surface area contributed by atoms with Crippen LogP contribution in [0, 0.1) is 11.7 Å². The molecule has 0 unspecified atom stereocenters. The van der Waals surface area contributed by atoms with E-state index in [2.05, 4.69) is 30.5 Å². The van der Waals surface area contributed by atoms with Crippen LogP contribution in [0.1, 0.15) is 13.8 Å². The molecule has 0 saturated heterocycles. The van der Waals surface area contributed by atoms with Crippen LogP contribution < -0.4 is 5.32 Å². The molecule has 37 heavy (non-hydrogen) atoms. The van der Waals surface area contributed by atoms with Crippen LogP contribution in [-0.2, 0) is 4.79 Å². The van der Waals surface area contributed by atoms with Crippen molar-refractivity contribution in [2.45, 2.75) is 13.8 Å². The van der Waals surface area contributed by atoms with Crippen molar-refractivity contribution < 1.29 is 9.18 Å². The van der Waals surface area contributed by atoms with Gasteiger partial charge in [0.15, 0.2) is 0 Å². The van der Waals surface area contributed by atoms with Crippen LogP contribution in [0.4, 0.5) is 10.1 Å². The standard InChI is InChI=1S/C29H23FN6O/c1-16(2)29(37)33-20-10-18(13-31-14-20)25-12-23-27(15-32-25)35-36-28(23)26-11-22-21(7-4-8-24(22)34-26)17-5-3-6-19(30)9-17/h3-16,34H,1-2H3,(H,33,37)(H,35,36). The van der Waals surface area contributed by atoms with E-state index in [-0.39, 0.29) is 17.6 Å². The van der Waals surface area contributed by atoms with Crippen LogP contribution in [0.3, 0.4) is 0 Å². The van der Waals surface area contributed by atoms with Gasteiger partial charge in [-0.2, -0.15) is 5.10 Å². The number of carbonyl (C=O) groups is 1. The Labute approximate surface area is 211 Å². The monoisotopic (exact) mass is 490 g/mol. The molecule has 6 rings (SSSR count). The summed E-state index contributed by atoms with van der Waals surface area (Å²) < 4.78 is 13.9. The lowest BCUT2D eigenvalue weighted by Crippen LogP contribution is -2.17. The Kier molecular flexibility index (Phi) is 5.49. The summed E-state index contributed by atoms with van der Waals surface area (Å²) in [5, 5.41) is 12.4. The number of aromatic amines is 2. The van der Waals surface area contributed by atoms with Crippen molar-refractivity contribution in [3.63, 3.8) is 0 Å². The van der Waals surface area contributed by atoms with Crippen LogP contribution in [-0.4, -0.2) is 31.1 Å². The van der Waals surface area contributed by atoms with Crippen LogP contribution in [0.2, 0.25) is 0 Å². The van der Waals surface area contributed by atoms with Crippen molar-refractivity contribution in [3.05, 3.63) is 85.1 Å². The number of amides is 1. The van der Waals surface area contributed by atoms with E-state index < -0.39 is 0 Å². The maximum absolute atomic E-state index is 13.9. The number of nitrogens with zero attached hydrogens (tertiary/aromatic N) is 3. The predicted octanol–water partition coefficient (Wildman–Crippen LogP) is 6.57. The van der Waals surface area contributed by atoms with Crippen LogP contribution >= 0.6 is 0 Å². The van der Waals surface area contributed by atoms with Crippen molar-refractivity contribution in [1.29, 1.82) is 0 Å². The molecule has 1 amide bonds. The Morgan fingerprint density at radius 1 is 0.919 bits per heavy atom. The van der Waals surface area contributed by atoms with Gasteiger partial charge >= 0.3 is 0 Å². The van der Waals surface area contributed by atoms with Gasteiger partial charge in [0.25, 0.3) is 0 Å². The first kappa shape index (κ1) is 22.6. The Morgan fingerprint density at radius 2 is 1.78 bits per heavy atom. The molecule has 8 heteroatoms. The van der Waals surface area contributed by atoms with Crippen LogP contribution in [0.5, 0.6) is 0 Å². The number of anilines is 1. The number of nitrogens with one attached hydrogen (secondary N) is 3. The smallest absolute Gasteiger partial charge is 0.226 e. The van der Waals surface area contributed by atoms with Gasteiger partial charge in [-0.1, -0.05) is 38.1 Å². The third-order valence-electron chi connectivity index (χ3n) is 6.33. The predicted molar refractivity (Wildman–Crippen MR) is 143 cm³/mol. The number of pyridine rings is 2. The summed E-state index contributed by atoms with van der Waals surface area (Å²) in [6.07, 6.45) is 5.07. The Bertz CT molecular complexity index is 1780. The molecule has 0 atom stereocenters. The van der Waals surface area contributed by atoms with E-state index in [9.17, 15) is 9.18 Å². The van der Waals surface area contributed by atoms with E-state index in [4.69, 9.17) is 0 Å². The zero-order valence-electron chi connectivity index (χ0n) is 20.2. The van der Waals surface area contributed by atoms with Gasteiger partial charge in [-0.05, 0) is 47.5 Å². The molecule has 0 bridgehead atoms. The summed E-state index contributed by atoms with van der Waals surface area (Å²) in [6.45, 7) is 3.68. The highest BCUT2D eigenvalue weighted by Gasteiger charge is 2.15. The molecule has 0 aliphatic rings. The van der Waals surface area contributed by atoms with E-state index in [1.807, 2.05) is 56.3 Å². The largest absolute Gasteiger partial charge is 0.353 e. The van der Waals surface area contributed by atoms with Gasteiger partial charge in [-0.3, -0.25) is 19.9 Å². The SMILES string of the molecule is CC(C)C(=O)Nc1cncc(-c2cc3c(-c4cc5c(-c6cccc(F)c6)cccc5[nH]4)n[nH]c3cn2)c1. The van der Waals surface area contributed by atoms with Crippen LogP contribution in [0.25, 0.3) is 55.6 Å². The number of rotatable bonds is 5. The van der Waals surface area contributed by atoms with Gasteiger partial charge in [-0.25, -0.2) is 4.39 Å². The second-order valence-corrected chi connectivity index (χ2v) is 9.25. The number of fused-ring (bicyclic) bond motifs is 2. The molecular formula is C29H23FN6O. The quantitative estimate of drug-likeness (QED) is 0.254. The third-order valence-corrected chi connectivity index (χ3v) is 6.33. The molecule has 0 aliphatic heterocycles. The number of halogens is 1. The maximum atomic E-state index is 13.9. The van der Waals surface area contributed by atoms with E-state index >= 15 is 0 Å². The first-order chi connectivity index (χ1) is 18.0. The fraction of sp³-hybridized carbons (Fsp3) is 0.103. The summed E-state index contributed by atoms with van der Waals surface area (Å²) in [4.78, 5) is 24.4. The summed E-state index contributed by atoms with van der Waals surface area (Å²) in [7, 11) is 0. The van der Waals surface area contributed by atoms with Crippen molar-refractivity contribution in [2.24, 2.45) is 5.92 Å². The molecule has 182 valence electrons. The topological polar surface area (TPSA) is 99.4 Å². The van der Waals surface area contributed by atoms with E-state index in [0.717, 1.165) is 49.9 Å². The zero-order chi connectivity index (χ0) is 25.5. The van der Waals surface area contributed by atoms with Gasteiger partial charge in [0.2, 0.25) is 5.91 Å². The molecule has 0 saturated carbocycles. The molecule has 7 nitrogen and oxygen atoms in total. The van der Waals surface area contributed by atoms with E-state index in [0.29, 0.717) is 11.4 Å². The lowest BCUT2D eigenvalue weighted by atomic mass is 10.0. The molecule has 4 aromatic heterocycles. The van der Waals surface area contributed by atoms with Crippen molar-refractivity contribution in [1.82, 2.24) is 25.1 Å². The first-order valence-corrected chi connectivity index (χ1v) is 11.9. The fourth-order valence-electron chi connectivity index (χ4n) is 4.41. The van der Waals surface area contributed by atoms with Gasteiger partial charge in [0.1, 0.15) is 11.5 Å². The van der Waals surface area contributed by atoms with Gasteiger partial charge in [-0.15, -0.1) is 0 Å². The molecule has 0 fully saturated rings. The number of carbonyl (C=O) groups excluding carboxylic acids is 1. The Morgan fingerprint density at radius 3 is 2.62 bits per heavy atom. The average molecular weight is 491 g/mol. The number of H-pyrrole nitrogens is 2. The molecule has 0 radical (unpaired) electrons. The fourth-order valence-corrected chi connectivity index (χ4v) is 4.41. The molecule has 3 N–H and O–H groups in total. The second kappa shape index (κ2) is 8.98. The number of aromatic nitrogens is 5. The highest BCUT2D eigenvalue weighted by atomic mass is 19.1. The summed E-state index contributed by atoms with van der Waals surface area (Å²) in [5.74, 6) is -0.480. The van der Waals surface area contributed by atoms with E-state index in [1.165, 1.54) is 12.1 Å². The summed E-state index contributed by atoms with van der Waals surface area (Å²) in [5.41, 5.74) is 7.15. The lowest BCUT2D eigenvalue weighted by molar-refractivity contribution is -0.118. The minimum Gasteiger partial charge on any atom is -0.353 e. The lowest BCUT2D eigenvalue weighted by Gasteiger charge is -2.08. The van der Waals surface area contributed by atoms with E-state index in [1.54, 1.807) is 24.7 Å². The summed E-state index contributed by atoms with van der Waals surface area (Å²) in [6, 6.07) is 18.4. The van der Waals surface area contributed by atoms with Gasteiger partial charge in [0.05, 0.1) is 35.0 Å². The number of benzene rings is 2. The number of hydrogen-bond acceptors (Lipinski definition) is 4. The zero-order valence-corrected chi connectivity index (χ0v) is 20.2. The highest BCUT2D eigenvalue weighted by Crippen LogP contribution is 2.35. The second-order valence-electron chi connectivity index (χ2n) is 9.25. The van der Waals surface area contributed by atoms with Crippen molar-refractivity contribution in [3.8, 4) is 33.8 Å². The maximum Gasteiger partial charge on any atom is 0.226 e. The molecule has 2 aromatic carbocycles. The van der Waals surface area contributed by atoms with Crippen molar-refractivity contribution in [2.75, 3.05) is 5.32 Å². The van der Waals surface area contributed by atoms with Crippen LogP contribution in [0.15, 0.2) is 79.3 Å². The normalized spacial score (nSPS) is 11.5. The van der Waals surface area contributed by atoms with Gasteiger partial charge in [0, 0.05) is 34.0 Å². The third kappa shape index (κ3) is 4.23. The molecule has 4 heterocycles. The average Bonchev–Trinajstić information content (AvgIpc) is 3.52.